The van der Waals surface area contributed by atoms with Gasteiger partial charge in [-0.05, 0) is 36.4 Å². The molecule has 0 saturated carbocycles. The molecular weight excluding hydrogens is 334 g/mol. The van der Waals surface area contributed by atoms with Crippen molar-refractivity contribution in [2.45, 2.75) is 6.61 Å². The van der Waals surface area contributed by atoms with Crippen LogP contribution >= 0.6 is 0 Å². The third-order valence-corrected chi connectivity index (χ3v) is 4.09. The molecule has 0 fully saturated rings. The smallest absolute Gasteiger partial charge is 0.181 e. The van der Waals surface area contributed by atoms with E-state index >= 15 is 0 Å². The van der Waals surface area contributed by atoms with Gasteiger partial charge in [0, 0.05) is 16.7 Å². The lowest BCUT2D eigenvalue weighted by Gasteiger charge is -2.16. The first-order valence-corrected chi connectivity index (χ1v) is 7.78. The summed E-state index contributed by atoms with van der Waals surface area (Å²) in [7, 11) is 0. The Labute approximate surface area is 149 Å². The maximum atomic E-state index is 9.81. The molecule has 3 rings (SSSR count). The van der Waals surface area contributed by atoms with E-state index in [4.69, 9.17) is 21.9 Å². The summed E-state index contributed by atoms with van der Waals surface area (Å²) in [6.07, 6.45) is 0. The highest BCUT2D eigenvalue weighted by Gasteiger charge is 2.16. The second kappa shape index (κ2) is 6.64. The van der Waals surface area contributed by atoms with Crippen LogP contribution in [0.3, 0.4) is 0 Å². The minimum absolute atomic E-state index is 0.0178. The molecule has 0 aromatic heterocycles. The van der Waals surface area contributed by atoms with Gasteiger partial charge < -0.3 is 37.3 Å². The van der Waals surface area contributed by atoms with E-state index in [0.717, 1.165) is 0 Å². The summed E-state index contributed by atoms with van der Waals surface area (Å²) in [4.78, 5) is 0. The number of hydrogen-bond acceptors (Lipinski definition) is 7. The molecule has 134 valence electrons. The van der Waals surface area contributed by atoms with Crippen molar-refractivity contribution >= 4 is 17.1 Å². The minimum Gasteiger partial charge on any atom is -0.508 e. The zero-order chi connectivity index (χ0) is 18.8. The fourth-order valence-electron chi connectivity index (χ4n) is 2.58. The summed E-state index contributed by atoms with van der Waals surface area (Å²) in [5.41, 5.74) is 20.5. The molecule has 0 bridgehead atoms. The topological polar surface area (TPSA) is 148 Å². The lowest BCUT2D eigenvalue weighted by Crippen LogP contribution is -2.05. The van der Waals surface area contributed by atoms with Crippen molar-refractivity contribution in [3.05, 3.63) is 54.1 Å². The van der Waals surface area contributed by atoms with Crippen LogP contribution in [0.2, 0.25) is 0 Å². The van der Waals surface area contributed by atoms with Crippen LogP contribution < -0.4 is 21.9 Å². The molecule has 0 heterocycles. The number of ether oxygens (including phenoxy) is 1. The van der Waals surface area contributed by atoms with Crippen LogP contribution in [0.5, 0.6) is 23.0 Å². The molecular formula is C19H19N3O4. The summed E-state index contributed by atoms with van der Waals surface area (Å²) in [6.45, 7) is 0.192. The number of phenolic OH excluding ortho intramolecular Hbond substituents is 3. The Hall–Kier alpha value is -3.74. The zero-order valence-corrected chi connectivity index (χ0v) is 13.8. The van der Waals surface area contributed by atoms with Crippen molar-refractivity contribution in [3.63, 3.8) is 0 Å². The second-order valence-electron chi connectivity index (χ2n) is 5.78. The van der Waals surface area contributed by atoms with Gasteiger partial charge in [0.25, 0.3) is 0 Å². The summed E-state index contributed by atoms with van der Waals surface area (Å²) in [5, 5.41) is 28.6. The average Bonchev–Trinajstić information content (AvgIpc) is 2.63. The highest BCUT2D eigenvalue weighted by atomic mass is 16.5. The van der Waals surface area contributed by atoms with Crippen molar-refractivity contribution in [1.29, 1.82) is 0 Å². The van der Waals surface area contributed by atoms with E-state index in [1.54, 1.807) is 30.3 Å². The SMILES string of the molecule is Nc1c(COc2ccc(O)cc2)ccc(-c2ccc(O)c(O)c2N)c1N. The number of rotatable bonds is 4. The monoisotopic (exact) mass is 353 g/mol. The maximum Gasteiger partial charge on any atom is 0.181 e. The molecule has 9 N–H and O–H groups in total. The van der Waals surface area contributed by atoms with Gasteiger partial charge in [-0.3, -0.25) is 0 Å². The van der Waals surface area contributed by atoms with E-state index in [2.05, 4.69) is 0 Å². The standard InChI is InChI=1S/C19H19N3O4/c20-16-10(9-26-12-4-2-11(23)3-5-12)1-6-13(17(16)21)14-7-8-15(24)19(25)18(14)22/h1-8,23-25H,9,20-22H2. The fraction of sp³-hybridized carbons (Fsp3) is 0.0526. The van der Waals surface area contributed by atoms with Crippen molar-refractivity contribution in [1.82, 2.24) is 0 Å². The first-order chi connectivity index (χ1) is 12.4. The molecule has 0 aliphatic carbocycles. The summed E-state index contributed by atoms with van der Waals surface area (Å²) in [6, 6.07) is 12.7. The van der Waals surface area contributed by atoms with Gasteiger partial charge in [-0.1, -0.05) is 12.1 Å². The number of anilines is 3. The molecule has 0 radical (unpaired) electrons. The Kier molecular flexibility index (Phi) is 4.36. The van der Waals surface area contributed by atoms with Gasteiger partial charge in [0.2, 0.25) is 0 Å². The predicted octanol–water partition coefficient (Wildman–Crippen LogP) is 2.80. The number of nitrogens with two attached hydrogens (primary N) is 3. The average molecular weight is 353 g/mol. The summed E-state index contributed by atoms with van der Waals surface area (Å²) < 4.78 is 5.64. The highest BCUT2D eigenvalue weighted by Crippen LogP contribution is 2.42. The van der Waals surface area contributed by atoms with Crippen LogP contribution in [-0.4, -0.2) is 15.3 Å². The Balaban J connectivity index is 1.89. The molecule has 26 heavy (non-hydrogen) atoms. The van der Waals surface area contributed by atoms with Gasteiger partial charge in [-0.25, -0.2) is 0 Å². The van der Waals surface area contributed by atoms with Gasteiger partial charge in [-0.2, -0.15) is 0 Å². The Morgan fingerprint density at radius 3 is 2.00 bits per heavy atom. The number of benzene rings is 3. The number of aromatic hydroxyl groups is 3. The molecule has 3 aromatic rings. The molecule has 0 spiro atoms. The van der Waals surface area contributed by atoms with Gasteiger partial charge in [0.15, 0.2) is 11.5 Å². The predicted molar refractivity (Wildman–Crippen MR) is 101 cm³/mol. The van der Waals surface area contributed by atoms with E-state index in [1.165, 1.54) is 18.2 Å². The lowest BCUT2D eigenvalue weighted by molar-refractivity contribution is 0.306. The largest absolute Gasteiger partial charge is 0.508 e. The normalized spacial score (nSPS) is 10.6. The number of nitrogen functional groups attached to an aromatic ring is 3. The first-order valence-electron chi connectivity index (χ1n) is 7.78. The van der Waals surface area contributed by atoms with Crippen molar-refractivity contribution in [2.75, 3.05) is 17.2 Å². The van der Waals surface area contributed by atoms with Crippen LogP contribution in [0, 0.1) is 0 Å². The van der Waals surface area contributed by atoms with Crippen LogP contribution in [0.4, 0.5) is 17.1 Å². The Bertz CT molecular complexity index is 956. The van der Waals surface area contributed by atoms with Crippen LogP contribution in [0.15, 0.2) is 48.5 Å². The quantitative estimate of drug-likeness (QED) is 0.312. The molecule has 3 aromatic carbocycles. The summed E-state index contributed by atoms with van der Waals surface area (Å²) in [5.74, 6) is 0.0228. The fourth-order valence-corrected chi connectivity index (χ4v) is 2.58. The molecule has 0 atom stereocenters. The Morgan fingerprint density at radius 2 is 1.31 bits per heavy atom. The van der Waals surface area contributed by atoms with Crippen molar-refractivity contribution in [2.24, 2.45) is 0 Å². The molecule has 7 heteroatoms. The lowest BCUT2D eigenvalue weighted by atomic mass is 9.98. The van der Waals surface area contributed by atoms with Gasteiger partial charge in [0.1, 0.15) is 18.1 Å². The van der Waals surface area contributed by atoms with Crippen LogP contribution in [0.25, 0.3) is 11.1 Å². The zero-order valence-electron chi connectivity index (χ0n) is 13.8. The highest BCUT2D eigenvalue weighted by molar-refractivity contribution is 5.92. The van der Waals surface area contributed by atoms with Gasteiger partial charge >= 0.3 is 0 Å². The molecule has 0 aliphatic rings. The third kappa shape index (κ3) is 3.10. The number of hydrogen-bond donors (Lipinski definition) is 6. The van der Waals surface area contributed by atoms with Gasteiger partial charge in [0.05, 0.1) is 17.1 Å². The molecule has 0 amide bonds. The Morgan fingerprint density at radius 1 is 0.692 bits per heavy atom. The molecule has 0 saturated heterocycles. The molecule has 7 nitrogen and oxygen atoms in total. The van der Waals surface area contributed by atoms with E-state index in [0.29, 0.717) is 33.8 Å². The van der Waals surface area contributed by atoms with Crippen molar-refractivity contribution < 1.29 is 20.1 Å². The van der Waals surface area contributed by atoms with E-state index in [-0.39, 0.29) is 23.8 Å². The maximum absolute atomic E-state index is 9.81. The van der Waals surface area contributed by atoms with Gasteiger partial charge in [-0.15, -0.1) is 0 Å². The minimum atomic E-state index is -0.403. The van der Waals surface area contributed by atoms with Crippen LogP contribution in [-0.2, 0) is 6.61 Å². The van der Waals surface area contributed by atoms with E-state index in [9.17, 15) is 15.3 Å². The number of phenols is 3. The molecule has 0 unspecified atom stereocenters. The first kappa shape index (κ1) is 17.1. The van der Waals surface area contributed by atoms with E-state index in [1.807, 2.05) is 0 Å². The van der Waals surface area contributed by atoms with E-state index < -0.39 is 5.75 Å². The second-order valence-corrected chi connectivity index (χ2v) is 5.78. The van der Waals surface area contributed by atoms with Crippen molar-refractivity contribution in [3.8, 4) is 34.1 Å². The third-order valence-electron chi connectivity index (χ3n) is 4.09. The van der Waals surface area contributed by atoms with Crippen LogP contribution in [0.1, 0.15) is 5.56 Å². The molecule has 0 aliphatic heterocycles. The summed E-state index contributed by atoms with van der Waals surface area (Å²) >= 11 is 0.